The summed E-state index contributed by atoms with van der Waals surface area (Å²) >= 11 is 0. The van der Waals surface area contributed by atoms with Crippen LogP contribution in [-0.2, 0) is 14.2 Å². The molecule has 0 radical (unpaired) electrons. The maximum Gasteiger partial charge on any atom is 0.0681 e. The van der Waals surface area contributed by atoms with Gasteiger partial charge in [0.2, 0.25) is 0 Å². The van der Waals surface area contributed by atoms with Gasteiger partial charge in [-0.15, -0.1) is 0 Å². The summed E-state index contributed by atoms with van der Waals surface area (Å²) in [7, 11) is 0. The molecular formula is C21H38O3. The Morgan fingerprint density at radius 2 is 1.21 bits per heavy atom. The van der Waals surface area contributed by atoms with E-state index in [0.717, 1.165) is 19.8 Å². The minimum atomic E-state index is 0.329. The first-order chi connectivity index (χ1) is 11.6. The highest BCUT2D eigenvalue weighted by atomic mass is 16.5. The first kappa shape index (κ1) is 18.7. The molecule has 6 unspecified atom stereocenters. The predicted octanol–water partition coefficient (Wildman–Crippen LogP) is 4.68. The van der Waals surface area contributed by atoms with Crippen LogP contribution in [0.3, 0.4) is 0 Å². The zero-order chi connectivity index (χ0) is 17.1. The molecule has 140 valence electrons. The molecule has 0 bridgehead atoms. The van der Waals surface area contributed by atoms with Gasteiger partial charge in [0.05, 0.1) is 18.3 Å². The summed E-state index contributed by atoms with van der Waals surface area (Å²) in [6.07, 6.45) is 8.49. The van der Waals surface area contributed by atoms with Gasteiger partial charge >= 0.3 is 0 Å². The highest BCUT2D eigenvalue weighted by Crippen LogP contribution is 2.43. The Balaban J connectivity index is 1.79. The Bertz CT molecular complexity index is 345. The van der Waals surface area contributed by atoms with Gasteiger partial charge < -0.3 is 14.2 Å². The van der Waals surface area contributed by atoms with E-state index in [2.05, 4.69) is 27.7 Å². The van der Waals surface area contributed by atoms with Crippen molar-refractivity contribution in [2.24, 2.45) is 29.6 Å². The van der Waals surface area contributed by atoms with E-state index in [1.165, 1.54) is 38.5 Å². The summed E-state index contributed by atoms with van der Waals surface area (Å²) in [6, 6.07) is 0. The van der Waals surface area contributed by atoms with E-state index >= 15 is 0 Å². The van der Waals surface area contributed by atoms with Crippen molar-refractivity contribution in [1.82, 2.24) is 0 Å². The van der Waals surface area contributed by atoms with E-state index in [9.17, 15) is 0 Å². The normalized spacial score (nSPS) is 41.8. The fourth-order valence-corrected chi connectivity index (χ4v) is 5.46. The average Bonchev–Trinajstić information content (AvgIpc) is 2.61. The lowest BCUT2D eigenvalue weighted by molar-refractivity contribution is -0.181. The molecule has 0 spiro atoms. The second kappa shape index (κ2) is 8.51. The molecule has 0 aromatic carbocycles. The van der Waals surface area contributed by atoms with Crippen LogP contribution >= 0.6 is 0 Å². The van der Waals surface area contributed by atoms with Crippen LogP contribution in [0.2, 0.25) is 0 Å². The smallest absolute Gasteiger partial charge is 0.0681 e. The molecule has 3 saturated heterocycles. The Labute approximate surface area is 148 Å². The van der Waals surface area contributed by atoms with E-state index in [-0.39, 0.29) is 0 Å². The van der Waals surface area contributed by atoms with E-state index in [1.807, 2.05) is 0 Å². The van der Waals surface area contributed by atoms with Crippen LogP contribution in [0.1, 0.15) is 66.2 Å². The number of hydrogen-bond acceptors (Lipinski definition) is 3. The van der Waals surface area contributed by atoms with E-state index in [1.54, 1.807) is 0 Å². The standard InChI is InChI=1S/C21H38O3/c1-14(2)16-8-5-12-23-20(16)18-10-7-13-24-21(18)17-9-6-11-22-19(17)15(3)4/h14-21H,5-13H2,1-4H3. The van der Waals surface area contributed by atoms with Crippen molar-refractivity contribution in [3.63, 3.8) is 0 Å². The van der Waals surface area contributed by atoms with Crippen molar-refractivity contribution in [3.8, 4) is 0 Å². The Kier molecular flexibility index (Phi) is 6.62. The van der Waals surface area contributed by atoms with Crippen molar-refractivity contribution in [2.45, 2.75) is 84.5 Å². The molecule has 0 N–H and O–H groups in total. The Morgan fingerprint density at radius 1 is 0.625 bits per heavy atom. The Hall–Kier alpha value is -0.120. The van der Waals surface area contributed by atoms with Crippen LogP contribution in [0.25, 0.3) is 0 Å². The molecule has 0 aliphatic carbocycles. The summed E-state index contributed by atoms with van der Waals surface area (Å²) in [4.78, 5) is 0. The number of ether oxygens (including phenoxy) is 3. The molecule has 0 aromatic rings. The van der Waals surface area contributed by atoms with Gasteiger partial charge in [-0.25, -0.2) is 0 Å². The van der Waals surface area contributed by atoms with Gasteiger partial charge in [-0.1, -0.05) is 27.7 Å². The van der Waals surface area contributed by atoms with Crippen molar-refractivity contribution in [2.75, 3.05) is 19.8 Å². The van der Waals surface area contributed by atoms with Gasteiger partial charge in [-0.2, -0.15) is 0 Å². The molecule has 3 aliphatic rings. The zero-order valence-corrected chi connectivity index (χ0v) is 16.2. The molecule has 3 aliphatic heterocycles. The number of hydrogen-bond donors (Lipinski definition) is 0. The molecule has 3 rings (SSSR count). The van der Waals surface area contributed by atoms with E-state index in [4.69, 9.17) is 14.2 Å². The van der Waals surface area contributed by atoms with Gasteiger partial charge in [-0.3, -0.25) is 0 Å². The van der Waals surface area contributed by atoms with Gasteiger partial charge in [0.15, 0.2) is 0 Å². The SMILES string of the molecule is CC(C)C1CCCOC1C1CCCOC1C1CCCOC1C(C)C. The van der Waals surface area contributed by atoms with Gasteiger partial charge in [0, 0.05) is 31.7 Å². The lowest BCUT2D eigenvalue weighted by Crippen LogP contribution is -2.52. The molecule has 0 saturated carbocycles. The van der Waals surface area contributed by atoms with Gasteiger partial charge in [0.1, 0.15) is 0 Å². The van der Waals surface area contributed by atoms with E-state index in [0.29, 0.717) is 47.9 Å². The van der Waals surface area contributed by atoms with Crippen LogP contribution in [0, 0.1) is 29.6 Å². The van der Waals surface area contributed by atoms with Crippen LogP contribution in [-0.4, -0.2) is 38.1 Å². The lowest BCUT2D eigenvalue weighted by atomic mass is 9.70. The third-order valence-electron chi connectivity index (χ3n) is 6.60. The zero-order valence-electron chi connectivity index (χ0n) is 16.2. The van der Waals surface area contributed by atoms with Crippen molar-refractivity contribution >= 4 is 0 Å². The minimum absolute atomic E-state index is 0.329. The molecule has 3 heterocycles. The maximum absolute atomic E-state index is 6.43. The first-order valence-electron chi connectivity index (χ1n) is 10.4. The fourth-order valence-electron chi connectivity index (χ4n) is 5.46. The molecule has 3 nitrogen and oxygen atoms in total. The van der Waals surface area contributed by atoms with Crippen molar-refractivity contribution in [1.29, 1.82) is 0 Å². The summed E-state index contributed by atoms with van der Waals surface area (Å²) in [5.41, 5.74) is 0. The largest absolute Gasteiger partial charge is 0.378 e. The van der Waals surface area contributed by atoms with Crippen LogP contribution in [0.5, 0.6) is 0 Å². The molecule has 3 heteroatoms. The van der Waals surface area contributed by atoms with Crippen LogP contribution in [0.15, 0.2) is 0 Å². The van der Waals surface area contributed by atoms with Crippen LogP contribution < -0.4 is 0 Å². The highest BCUT2D eigenvalue weighted by molar-refractivity contribution is 4.94. The van der Waals surface area contributed by atoms with Crippen LogP contribution in [0.4, 0.5) is 0 Å². The molecule has 0 amide bonds. The van der Waals surface area contributed by atoms with Gasteiger partial charge in [0.25, 0.3) is 0 Å². The highest BCUT2D eigenvalue weighted by Gasteiger charge is 2.46. The molecule has 24 heavy (non-hydrogen) atoms. The Morgan fingerprint density at radius 3 is 1.88 bits per heavy atom. The summed E-state index contributed by atoms with van der Waals surface area (Å²) < 4.78 is 19.0. The number of rotatable bonds is 4. The molecular weight excluding hydrogens is 300 g/mol. The lowest BCUT2D eigenvalue weighted by Gasteiger charge is -2.48. The first-order valence-corrected chi connectivity index (χ1v) is 10.4. The van der Waals surface area contributed by atoms with Crippen molar-refractivity contribution < 1.29 is 14.2 Å². The monoisotopic (exact) mass is 338 g/mol. The third-order valence-corrected chi connectivity index (χ3v) is 6.60. The van der Waals surface area contributed by atoms with Crippen molar-refractivity contribution in [3.05, 3.63) is 0 Å². The van der Waals surface area contributed by atoms with E-state index < -0.39 is 0 Å². The quantitative estimate of drug-likeness (QED) is 0.744. The fraction of sp³-hybridized carbons (Fsp3) is 1.00. The molecule has 3 fully saturated rings. The second-order valence-electron chi connectivity index (χ2n) is 8.91. The maximum atomic E-state index is 6.43. The molecule has 6 atom stereocenters. The minimum Gasteiger partial charge on any atom is -0.378 e. The summed E-state index contributed by atoms with van der Waals surface area (Å²) in [5, 5.41) is 0. The summed E-state index contributed by atoms with van der Waals surface area (Å²) in [5.74, 6) is 3.05. The molecule has 0 aromatic heterocycles. The average molecular weight is 339 g/mol. The second-order valence-corrected chi connectivity index (χ2v) is 8.91. The third kappa shape index (κ3) is 3.99. The summed E-state index contributed by atoms with van der Waals surface area (Å²) in [6.45, 7) is 12.1. The van der Waals surface area contributed by atoms with Gasteiger partial charge in [-0.05, 0) is 56.3 Å². The predicted molar refractivity (Wildman–Crippen MR) is 97.1 cm³/mol. The topological polar surface area (TPSA) is 27.7 Å².